The molecule has 2 aromatic rings. The monoisotopic (exact) mass is 373 g/mol. The van der Waals surface area contributed by atoms with Crippen LogP contribution in [0.15, 0.2) is 45.9 Å². The number of carboxylic acids is 1. The number of rotatable bonds is 4. The third kappa shape index (κ3) is 3.65. The van der Waals surface area contributed by atoms with Crippen LogP contribution in [0, 0.1) is 0 Å². The number of carboxylic acid groups (broad SMARTS) is 1. The summed E-state index contributed by atoms with van der Waals surface area (Å²) in [6.45, 7) is 0. The highest BCUT2D eigenvalue weighted by Crippen LogP contribution is 2.21. The van der Waals surface area contributed by atoms with E-state index in [1.54, 1.807) is 18.3 Å². The van der Waals surface area contributed by atoms with Crippen LogP contribution in [-0.2, 0) is 16.6 Å². The van der Waals surface area contributed by atoms with E-state index in [-0.39, 0.29) is 16.3 Å². The number of carbonyl (C=O) groups is 1. The quantitative estimate of drug-likeness (QED) is 0.889. The van der Waals surface area contributed by atoms with Gasteiger partial charge in [0.25, 0.3) is 0 Å². The Kier molecular flexibility index (Phi) is 4.91. The van der Waals surface area contributed by atoms with Gasteiger partial charge in [0.2, 0.25) is 0 Å². The molecule has 4 nitrogen and oxygen atoms in total. The van der Waals surface area contributed by atoms with Crippen molar-refractivity contribution in [3.63, 3.8) is 0 Å². The minimum absolute atomic E-state index is 0.0544. The van der Waals surface area contributed by atoms with Crippen molar-refractivity contribution in [3.05, 3.63) is 57.3 Å². The second kappa shape index (κ2) is 6.47. The predicted octanol–water partition coefficient (Wildman–Crippen LogP) is 3.50. The molecule has 0 fully saturated rings. The molecule has 1 N–H and O–H groups in total. The first-order valence-corrected chi connectivity index (χ1v) is 7.98. The third-order valence-corrected chi connectivity index (χ3v) is 4.64. The van der Waals surface area contributed by atoms with Crippen LogP contribution in [0.4, 0.5) is 0 Å². The number of aromatic carboxylic acids is 1. The Balaban J connectivity index is 2.23. The number of hydrogen-bond acceptors (Lipinski definition) is 3. The van der Waals surface area contributed by atoms with Crippen molar-refractivity contribution >= 4 is 44.3 Å². The Bertz CT molecular complexity index is 676. The molecule has 0 amide bonds. The summed E-state index contributed by atoms with van der Waals surface area (Å²) in [6.07, 6.45) is 1.62. The van der Waals surface area contributed by atoms with Gasteiger partial charge in [-0.1, -0.05) is 11.6 Å². The van der Waals surface area contributed by atoms with Crippen molar-refractivity contribution in [3.8, 4) is 0 Å². The summed E-state index contributed by atoms with van der Waals surface area (Å²) >= 11 is 9.05. The van der Waals surface area contributed by atoms with Crippen LogP contribution in [0.1, 0.15) is 16.1 Å². The topological polar surface area (TPSA) is 67.3 Å². The maximum atomic E-state index is 12.2. The molecular weight excluding hydrogens is 366 g/mol. The van der Waals surface area contributed by atoms with E-state index >= 15 is 0 Å². The van der Waals surface area contributed by atoms with Gasteiger partial charge in [-0.15, -0.1) is 0 Å². The Labute approximate surface area is 131 Å². The van der Waals surface area contributed by atoms with E-state index < -0.39 is 16.8 Å². The molecule has 0 radical (unpaired) electrons. The van der Waals surface area contributed by atoms with Gasteiger partial charge < -0.3 is 5.11 Å². The highest BCUT2D eigenvalue weighted by atomic mass is 79.9. The van der Waals surface area contributed by atoms with Crippen LogP contribution in [-0.4, -0.2) is 20.3 Å². The van der Waals surface area contributed by atoms with Gasteiger partial charge >= 0.3 is 5.97 Å². The maximum absolute atomic E-state index is 12.2. The van der Waals surface area contributed by atoms with E-state index in [0.29, 0.717) is 10.6 Å². The third-order valence-electron chi connectivity index (χ3n) is 2.50. The van der Waals surface area contributed by atoms with Gasteiger partial charge in [-0.05, 0) is 46.3 Å². The zero-order valence-electron chi connectivity index (χ0n) is 10.0. The number of aromatic nitrogens is 1. The van der Waals surface area contributed by atoms with Crippen molar-refractivity contribution in [2.45, 2.75) is 10.6 Å². The highest BCUT2D eigenvalue weighted by Gasteiger charge is 2.13. The number of benzene rings is 1. The molecule has 0 aliphatic carbocycles. The minimum atomic E-state index is -1.38. The molecule has 0 aliphatic rings. The highest BCUT2D eigenvalue weighted by molar-refractivity contribution is 9.10. The molecule has 1 aromatic carbocycles. The first-order chi connectivity index (χ1) is 9.47. The van der Waals surface area contributed by atoms with Gasteiger partial charge in [0.05, 0.1) is 32.8 Å². The second-order valence-corrected chi connectivity index (χ2v) is 6.68. The summed E-state index contributed by atoms with van der Waals surface area (Å²) in [6, 6.07) is 7.90. The molecule has 0 bridgehead atoms. The van der Waals surface area contributed by atoms with Crippen LogP contribution in [0.5, 0.6) is 0 Å². The molecule has 0 saturated carbocycles. The average Bonchev–Trinajstić information content (AvgIpc) is 2.41. The molecule has 7 heteroatoms. The normalized spacial score (nSPS) is 12.1. The lowest BCUT2D eigenvalue weighted by Gasteiger charge is -2.05. The fourth-order valence-corrected chi connectivity index (χ4v) is 3.03. The van der Waals surface area contributed by atoms with E-state index in [9.17, 15) is 9.00 Å². The SMILES string of the molecule is O=C(O)c1cc(S(=O)Cc2ccc(Br)cn2)ccc1Cl. The summed E-state index contributed by atoms with van der Waals surface area (Å²) < 4.78 is 13.0. The molecule has 0 aliphatic heterocycles. The predicted molar refractivity (Wildman–Crippen MR) is 80.5 cm³/mol. The zero-order chi connectivity index (χ0) is 14.7. The van der Waals surface area contributed by atoms with Crippen LogP contribution < -0.4 is 0 Å². The van der Waals surface area contributed by atoms with Crippen molar-refractivity contribution in [1.29, 1.82) is 0 Å². The fourth-order valence-electron chi connectivity index (χ4n) is 1.52. The van der Waals surface area contributed by atoms with E-state index in [2.05, 4.69) is 20.9 Å². The number of pyridine rings is 1. The van der Waals surface area contributed by atoms with E-state index in [1.807, 2.05) is 6.07 Å². The second-order valence-electron chi connectivity index (χ2n) is 3.90. The number of halogens is 2. The van der Waals surface area contributed by atoms with Gasteiger partial charge in [-0.2, -0.15) is 0 Å². The van der Waals surface area contributed by atoms with Crippen LogP contribution in [0.2, 0.25) is 5.02 Å². The largest absolute Gasteiger partial charge is 0.478 e. The molecule has 1 atom stereocenters. The smallest absolute Gasteiger partial charge is 0.337 e. The zero-order valence-corrected chi connectivity index (χ0v) is 13.2. The lowest BCUT2D eigenvalue weighted by molar-refractivity contribution is 0.0697. The van der Waals surface area contributed by atoms with Gasteiger partial charge in [0.15, 0.2) is 0 Å². The maximum Gasteiger partial charge on any atom is 0.337 e. The molecule has 0 saturated heterocycles. The van der Waals surface area contributed by atoms with Gasteiger partial charge in [0.1, 0.15) is 0 Å². The van der Waals surface area contributed by atoms with E-state index in [1.165, 1.54) is 12.1 Å². The summed E-state index contributed by atoms with van der Waals surface area (Å²) in [5.74, 6) is -0.927. The molecule has 104 valence electrons. The lowest BCUT2D eigenvalue weighted by Crippen LogP contribution is -2.02. The summed E-state index contributed by atoms with van der Waals surface area (Å²) in [4.78, 5) is 15.5. The summed E-state index contributed by atoms with van der Waals surface area (Å²) in [5.41, 5.74) is 0.611. The van der Waals surface area contributed by atoms with Gasteiger partial charge in [-0.25, -0.2) is 4.79 Å². The van der Waals surface area contributed by atoms with Crippen molar-refractivity contribution < 1.29 is 14.1 Å². The minimum Gasteiger partial charge on any atom is -0.478 e. The standard InChI is InChI=1S/C13H9BrClNO3S/c14-8-1-2-9(16-6-8)7-20(19)10-3-4-12(15)11(5-10)13(17)18/h1-6H,7H2,(H,17,18). The van der Waals surface area contributed by atoms with E-state index in [4.69, 9.17) is 16.7 Å². The Morgan fingerprint density at radius 2 is 2.10 bits per heavy atom. The summed E-state index contributed by atoms with van der Waals surface area (Å²) in [7, 11) is -1.38. The molecule has 1 aromatic heterocycles. The first-order valence-electron chi connectivity index (χ1n) is 5.49. The molecule has 20 heavy (non-hydrogen) atoms. The Morgan fingerprint density at radius 1 is 1.35 bits per heavy atom. The van der Waals surface area contributed by atoms with Crippen LogP contribution in [0.3, 0.4) is 0 Å². The number of nitrogens with zero attached hydrogens (tertiary/aromatic N) is 1. The lowest BCUT2D eigenvalue weighted by atomic mass is 10.2. The summed E-state index contributed by atoms with van der Waals surface area (Å²) in [5, 5.41) is 9.12. The Morgan fingerprint density at radius 3 is 2.70 bits per heavy atom. The van der Waals surface area contributed by atoms with E-state index in [0.717, 1.165) is 4.47 Å². The first kappa shape index (κ1) is 15.2. The fraction of sp³-hybridized carbons (Fsp3) is 0.0769. The molecule has 1 heterocycles. The van der Waals surface area contributed by atoms with Gasteiger partial charge in [0, 0.05) is 15.6 Å². The Hall–Kier alpha value is -1.24. The van der Waals surface area contributed by atoms with Crippen molar-refractivity contribution in [1.82, 2.24) is 4.98 Å². The van der Waals surface area contributed by atoms with Gasteiger partial charge in [-0.3, -0.25) is 9.19 Å². The molecule has 1 unspecified atom stereocenters. The van der Waals surface area contributed by atoms with Crippen LogP contribution >= 0.6 is 27.5 Å². The molecular formula is C13H9BrClNO3S. The number of hydrogen-bond donors (Lipinski definition) is 1. The average molecular weight is 375 g/mol. The molecule has 2 rings (SSSR count). The molecule has 0 spiro atoms. The van der Waals surface area contributed by atoms with Crippen LogP contribution in [0.25, 0.3) is 0 Å². The van der Waals surface area contributed by atoms with Crippen molar-refractivity contribution in [2.75, 3.05) is 0 Å². The van der Waals surface area contributed by atoms with Crippen molar-refractivity contribution in [2.24, 2.45) is 0 Å².